The van der Waals surface area contributed by atoms with Crippen LogP contribution >= 0.6 is 0 Å². The van der Waals surface area contributed by atoms with E-state index in [0.717, 1.165) is 16.9 Å². The molecule has 23 heavy (non-hydrogen) atoms. The van der Waals surface area contributed by atoms with Crippen LogP contribution in [0.3, 0.4) is 0 Å². The normalized spacial score (nSPS) is 11.7. The van der Waals surface area contributed by atoms with E-state index < -0.39 is 0 Å². The van der Waals surface area contributed by atoms with E-state index in [9.17, 15) is 5.11 Å². The third kappa shape index (κ3) is 3.00. The van der Waals surface area contributed by atoms with Gasteiger partial charge in [-0.3, -0.25) is 4.98 Å². The highest BCUT2D eigenvalue weighted by Crippen LogP contribution is 2.27. The number of pyridine rings is 1. The maximum Gasteiger partial charge on any atom is 0.117 e. The van der Waals surface area contributed by atoms with Crippen molar-refractivity contribution in [2.45, 2.75) is 32.8 Å². The van der Waals surface area contributed by atoms with Crippen molar-refractivity contribution in [2.24, 2.45) is 0 Å². The Morgan fingerprint density at radius 2 is 1.83 bits per heavy atom. The number of aromatic nitrogens is 4. The number of rotatable bonds is 3. The predicted molar refractivity (Wildman–Crippen MR) is 89.2 cm³/mol. The Hall–Kier alpha value is -2.53. The van der Waals surface area contributed by atoms with Crippen LogP contribution < -0.4 is 0 Å². The molecule has 0 bridgehead atoms. The second kappa shape index (κ2) is 5.93. The van der Waals surface area contributed by atoms with Crippen LogP contribution in [0.5, 0.6) is 0 Å². The van der Waals surface area contributed by atoms with Crippen LogP contribution in [0.1, 0.15) is 32.0 Å². The van der Waals surface area contributed by atoms with Gasteiger partial charge in [0.15, 0.2) is 0 Å². The van der Waals surface area contributed by atoms with Gasteiger partial charge in [0.2, 0.25) is 0 Å². The fraction of sp³-hybridized carbons (Fsp3) is 0.278. The molecule has 3 rings (SSSR count). The molecule has 1 N–H and O–H groups in total. The minimum absolute atomic E-state index is 0.101. The zero-order chi connectivity index (χ0) is 16.4. The summed E-state index contributed by atoms with van der Waals surface area (Å²) >= 11 is 0. The fourth-order valence-corrected chi connectivity index (χ4v) is 2.49. The van der Waals surface area contributed by atoms with Gasteiger partial charge < -0.3 is 5.11 Å². The van der Waals surface area contributed by atoms with E-state index in [1.165, 1.54) is 5.56 Å². The van der Waals surface area contributed by atoms with Gasteiger partial charge in [-0.15, -0.1) is 5.10 Å². The van der Waals surface area contributed by atoms with Crippen molar-refractivity contribution in [3.63, 3.8) is 0 Å². The molecule has 0 aliphatic rings. The van der Waals surface area contributed by atoms with Gasteiger partial charge in [0.1, 0.15) is 11.4 Å². The van der Waals surface area contributed by atoms with Gasteiger partial charge in [-0.2, -0.15) is 0 Å². The van der Waals surface area contributed by atoms with Gasteiger partial charge in [-0.25, -0.2) is 4.68 Å². The molecule has 0 saturated heterocycles. The maximum atomic E-state index is 9.55. The summed E-state index contributed by atoms with van der Waals surface area (Å²) in [6, 6.07) is 12.0. The van der Waals surface area contributed by atoms with E-state index in [2.05, 4.69) is 48.2 Å². The molecule has 0 radical (unpaired) electrons. The van der Waals surface area contributed by atoms with E-state index in [-0.39, 0.29) is 12.0 Å². The largest absolute Gasteiger partial charge is 0.390 e. The van der Waals surface area contributed by atoms with Crippen molar-refractivity contribution in [3.05, 3.63) is 60.0 Å². The van der Waals surface area contributed by atoms with E-state index in [1.54, 1.807) is 17.1 Å². The standard InChI is InChI=1S/C18H20N4O/c1-18(2,3)14-6-8-15(9-7-14)22-17(16(12-23)20-21-22)13-5-4-10-19-11-13/h4-11,23H,12H2,1-3H3. The van der Waals surface area contributed by atoms with Crippen molar-refractivity contribution in [3.8, 4) is 16.9 Å². The average molecular weight is 308 g/mol. The van der Waals surface area contributed by atoms with E-state index >= 15 is 0 Å². The van der Waals surface area contributed by atoms with Gasteiger partial charge in [0.25, 0.3) is 0 Å². The monoisotopic (exact) mass is 308 g/mol. The molecule has 0 aliphatic heterocycles. The Bertz CT molecular complexity index is 786. The van der Waals surface area contributed by atoms with Gasteiger partial charge in [-0.05, 0) is 35.2 Å². The van der Waals surface area contributed by atoms with Crippen LogP contribution in [0.2, 0.25) is 0 Å². The predicted octanol–water partition coefficient (Wildman–Crippen LogP) is 3.12. The summed E-state index contributed by atoms with van der Waals surface area (Å²) in [4.78, 5) is 4.15. The molecular weight excluding hydrogens is 288 g/mol. The van der Waals surface area contributed by atoms with Crippen molar-refractivity contribution < 1.29 is 5.11 Å². The molecule has 3 aromatic rings. The number of hydrogen-bond acceptors (Lipinski definition) is 4. The van der Waals surface area contributed by atoms with Crippen LogP contribution in [0.15, 0.2) is 48.8 Å². The van der Waals surface area contributed by atoms with Gasteiger partial charge >= 0.3 is 0 Å². The Morgan fingerprint density at radius 1 is 1.09 bits per heavy atom. The van der Waals surface area contributed by atoms with Gasteiger partial charge in [0, 0.05) is 18.0 Å². The lowest BCUT2D eigenvalue weighted by molar-refractivity contribution is 0.277. The lowest BCUT2D eigenvalue weighted by Crippen LogP contribution is -2.11. The molecular formula is C18H20N4O. The Morgan fingerprint density at radius 3 is 2.39 bits per heavy atom. The third-order valence-electron chi connectivity index (χ3n) is 3.80. The quantitative estimate of drug-likeness (QED) is 0.807. The molecule has 1 aromatic carbocycles. The topological polar surface area (TPSA) is 63.8 Å². The summed E-state index contributed by atoms with van der Waals surface area (Å²) in [5, 5.41) is 17.9. The molecule has 5 nitrogen and oxygen atoms in total. The molecule has 0 spiro atoms. The first-order chi connectivity index (χ1) is 11.0. The number of benzene rings is 1. The Labute approximate surface area is 135 Å². The van der Waals surface area contributed by atoms with Crippen molar-refractivity contribution in [2.75, 3.05) is 0 Å². The maximum absolute atomic E-state index is 9.55. The minimum atomic E-state index is -0.162. The first kappa shape index (κ1) is 15.4. The van der Waals surface area contributed by atoms with Crippen molar-refractivity contribution in [1.82, 2.24) is 20.0 Å². The average Bonchev–Trinajstić information content (AvgIpc) is 2.99. The smallest absolute Gasteiger partial charge is 0.117 e. The zero-order valence-electron chi connectivity index (χ0n) is 13.6. The van der Waals surface area contributed by atoms with Gasteiger partial charge in [-0.1, -0.05) is 38.1 Å². The van der Waals surface area contributed by atoms with Crippen molar-refractivity contribution in [1.29, 1.82) is 0 Å². The van der Waals surface area contributed by atoms with Crippen molar-refractivity contribution >= 4 is 0 Å². The lowest BCUT2D eigenvalue weighted by Gasteiger charge is -2.19. The van der Waals surface area contributed by atoms with E-state index in [1.807, 2.05) is 24.3 Å². The summed E-state index contributed by atoms with van der Waals surface area (Å²) in [6.45, 7) is 6.39. The lowest BCUT2D eigenvalue weighted by atomic mass is 9.87. The van der Waals surface area contributed by atoms with Crippen LogP contribution in [-0.4, -0.2) is 25.1 Å². The van der Waals surface area contributed by atoms with Crippen LogP contribution in [-0.2, 0) is 12.0 Å². The van der Waals surface area contributed by atoms with E-state index in [4.69, 9.17) is 0 Å². The summed E-state index contributed by atoms with van der Waals surface area (Å²) in [5.74, 6) is 0. The molecule has 2 aromatic heterocycles. The summed E-state index contributed by atoms with van der Waals surface area (Å²) in [6.07, 6.45) is 3.46. The van der Waals surface area contributed by atoms with Crippen LogP contribution in [0, 0.1) is 0 Å². The zero-order valence-corrected chi connectivity index (χ0v) is 13.6. The molecule has 2 heterocycles. The van der Waals surface area contributed by atoms with Gasteiger partial charge in [0.05, 0.1) is 12.3 Å². The first-order valence-electron chi connectivity index (χ1n) is 7.57. The molecule has 0 fully saturated rings. The molecule has 0 atom stereocenters. The SMILES string of the molecule is CC(C)(C)c1ccc(-n2nnc(CO)c2-c2cccnc2)cc1. The highest BCUT2D eigenvalue weighted by Gasteiger charge is 2.17. The Kier molecular flexibility index (Phi) is 3.96. The highest BCUT2D eigenvalue weighted by atomic mass is 16.3. The fourth-order valence-electron chi connectivity index (χ4n) is 2.49. The third-order valence-corrected chi connectivity index (χ3v) is 3.80. The first-order valence-corrected chi connectivity index (χ1v) is 7.57. The number of hydrogen-bond donors (Lipinski definition) is 1. The minimum Gasteiger partial charge on any atom is -0.390 e. The summed E-state index contributed by atoms with van der Waals surface area (Å²) in [7, 11) is 0. The summed E-state index contributed by atoms with van der Waals surface area (Å²) in [5.41, 5.74) is 4.45. The molecule has 0 aliphatic carbocycles. The number of nitrogens with zero attached hydrogens (tertiary/aromatic N) is 4. The molecule has 0 saturated carbocycles. The molecule has 5 heteroatoms. The van der Waals surface area contributed by atoms with Crippen LogP contribution in [0.4, 0.5) is 0 Å². The molecule has 0 unspecified atom stereocenters. The van der Waals surface area contributed by atoms with E-state index in [0.29, 0.717) is 5.69 Å². The van der Waals surface area contributed by atoms with Crippen LogP contribution in [0.25, 0.3) is 16.9 Å². The second-order valence-electron chi connectivity index (χ2n) is 6.49. The second-order valence-corrected chi connectivity index (χ2v) is 6.49. The molecule has 0 amide bonds. The summed E-state index contributed by atoms with van der Waals surface area (Å²) < 4.78 is 1.75. The number of aliphatic hydroxyl groups excluding tert-OH is 1. The Balaban J connectivity index is 2.09. The highest BCUT2D eigenvalue weighted by molar-refractivity contribution is 5.63. The number of aliphatic hydroxyl groups is 1. The molecule has 118 valence electrons.